The van der Waals surface area contributed by atoms with Crippen molar-refractivity contribution in [3.63, 3.8) is 0 Å². The smallest absolute Gasteiger partial charge is 0.143 e. The molecule has 0 saturated carbocycles. The van der Waals surface area contributed by atoms with Crippen LogP contribution in [0.1, 0.15) is 22.3 Å². The molecule has 0 unspecified atom stereocenters. The standard InChI is InChI=1S/C67H45NO/c1-6-22-47(23-7-1)54-32-17-19-38-62(54)68(63-39-21-37-61-64(63)57-33-16-18-36-60(57)67(61,51-28-12-4-13-29-51)52-30-14-5-15-31-52)53-42-40-46(41-43-53)50-44-58(49-26-10-3-11-27-49)66-59(45-50)56-35-20-34-55(65(56)69-66)48-24-8-2-9-25-48/h1-45H. The summed E-state index contributed by atoms with van der Waals surface area (Å²) in [5.74, 6) is 0. The fourth-order valence-corrected chi connectivity index (χ4v) is 11.1. The first-order valence-corrected chi connectivity index (χ1v) is 23.8. The molecule has 1 heterocycles. The summed E-state index contributed by atoms with van der Waals surface area (Å²) in [6.07, 6.45) is 0. The largest absolute Gasteiger partial charge is 0.455 e. The minimum atomic E-state index is -0.535. The van der Waals surface area contributed by atoms with Gasteiger partial charge in [-0.15, -0.1) is 0 Å². The minimum Gasteiger partial charge on any atom is -0.455 e. The van der Waals surface area contributed by atoms with Gasteiger partial charge in [0.25, 0.3) is 0 Å². The predicted molar refractivity (Wildman–Crippen MR) is 287 cm³/mol. The second kappa shape index (κ2) is 16.7. The van der Waals surface area contributed by atoms with Crippen LogP contribution in [-0.4, -0.2) is 0 Å². The van der Waals surface area contributed by atoms with Gasteiger partial charge in [0.1, 0.15) is 11.2 Å². The van der Waals surface area contributed by atoms with Crippen LogP contribution >= 0.6 is 0 Å². The molecule has 0 radical (unpaired) electrons. The third kappa shape index (κ3) is 6.56. The maximum absolute atomic E-state index is 6.94. The summed E-state index contributed by atoms with van der Waals surface area (Å²) in [5.41, 5.74) is 21.0. The highest BCUT2D eigenvalue weighted by Gasteiger charge is 2.47. The summed E-state index contributed by atoms with van der Waals surface area (Å²) >= 11 is 0. The van der Waals surface area contributed by atoms with Gasteiger partial charge >= 0.3 is 0 Å². The fraction of sp³-hybridized carbons (Fsp3) is 0.0149. The Kier molecular flexibility index (Phi) is 9.77. The van der Waals surface area contributed by atoms with Gasteiger partial charge in [0.05, 0.1) is 16.8 Å². The molecule has 69 heavy (non-hydrogen) atoms. The molecule has 1 aromatic heterocycles. The van der Waals surface area contributed by atoms with E-state index in [1.807, 2.05) is 0 Å². The summed E-state index contributed by atoms with van der Waals surface area (Å²) in [4.78, 5) is 2.49. The highest BCUT2D eigenvalue weighted by atomic mass is 16.3. The summed E-state index contributed by atoms with van der Waals surface area (Å²) in [6, 6.07) is 99.1. The van der Waals surface area contributed by atoms with E-state index in [9.17, 15) is 0 Å². The lowest BCUT2D eigenvalue weighted by Crippen LogP contribution is -2.28. The van der Waals surface area contributed by atoms with Gasteiger partial charge in [-0.05, 0) is 92.0 Å². The first-order chi connectivity index (χ1) is 34.3. The van der Waals surface area contributed by atoms with E-state index in [1.165, 1.54) is 33.4 Å². The molecule has 0 fully saturated rings. The molecule has 2 nitrogen and oxygen atoms in total. The van der Waals surface area contributed by atoms with E-state index in [0.29, 0.717) is 0 Å². The molecule has 324 valence electrons. The van der Waals surface area contributed by atoms with Gasteiger partial charge in [-0.1, -0.05) is 237 Å². The van der Waals surface area contributed by atoms with E-state index in [0.717, 1.165) is 83.5 Å². The van der Waals surface area contributed by atoms with Gasteiger partial charge in [-0.2, -0.15) is 0 Å². The summed E-state index contributed by atoms with van der Waals surface area (Å²) in [7, 11) is 0. The van der Waals surface area contributed by atoms with Crippen LogP contribution in [-0.2, 0) is 5.41 Å². The SMILES string of the molecule is c1ccc(-c2ccccc2N(c2ccc(-c3cc(-c4ccccc4)c4oc5c(-c6ccccc6)cccc5c4c3)cc2)c2cccc3c2-c2ccccc2C3(c2ccccc2)c2ccccc2)cc1. The second-order valence-electron chi connectivity index (χ2n) is 17.9. The molecule has 1 aliphatic carbocycles. The summed E-state index contributed by atoms with van der Waals surface area (Å²) in [6.45, 7) is 0. The Morgan fingerprint density at radius 1 is 0.290 bits per heavy atom. The van der Waals surface area contributed by atoms with Crippen molar-refractivity contribution in [2.24, 2.45) is 0 Å². The Hall–Kier alpha value is -8.98. The highest BCUT2D eigenvalue weighted by Crippen LogP contribution is 2.60. The summed E-state index contributed by atoms with van der Waals surface area (Å²) in [5, 5.41) is 2.20. The first kappa shape index (κ1) is 40.3. The molecule has 1 aliphatic rings. The van der Waals surface area contributed by atoms with Gasteiger partial charge in [0.15, 0.2) is 0 Å². The Morgan fingerprint density at radius 2 is 0.768 bits per heavy atom. The average Bonchev–Trinajstić information content (AvgIpc) is 3.97. The van der Waals surface area contributed by atoms with Crippen LogP contribution in [0.15, 0.2) is 277 Å². The van der Waals surface area contributed by atoms with Crippen LogP contribution in [0.4, 0.5) is 17.1 Å². The topological polar surface area (TPSA) is 16.4 Å². The molecule has 0 amide bonds. The lowest BCUT2D eigenvalue weighted by Gasteiger charge is -2.34. The Balaban J connectivity index is 1.03. The quantitative estimate of drug-likeness (QED) is 0.144. The number of furan rings is 1. The van der Waals surface area contributed by atoms with Gasteiger partial charge in [0.2, 0.25) is 0 Å². The molecule has 0 bridgehead atoms. The third-order valence-electron chi connectivity index (χ3n) is 14.2. The zero-order valence-corrected chi connectivity index (χ0v) is 37.8. The van der Waals surface area contributed by atoms with Gasteiger partial charge in [-0.25, -0.2) is 0 Å². The van der Waals surface area contributed by atoms with E-state index in [1.54, 1.807) is 0 Å². The number of benzene rings is 11. The molecule has 0 spiro atoms. The van der Waals surface area contributed by atoms with Gasteiger partial charge < -0.3 is 9.32 Å². The van der Waals surface area contributed by atoms with Crippen LogP contribution in [0, 0.1) is 0 Å². The van der Waals surface area contributed by atoms with Crippen molar-refractivity contribution in [3.05, 3.63) is 295 Å². The number of nitrogens with zero attached hydrogens (tertiary/aromatic N) is 1. The second-order valence-corrected chi connectivity index (χ2v) is 17.9. The monoisotopic (exact) mass is 879 g/mol. The normalized spacial score (nSPS) is 12.5. The van der Waals surface area contributed by atoms with Gasteiger partial charge in [0, 0.05) is 38.7 Å². The van der Waals surface area contributed by atoms with E-state index in [2.05, 4.69) is 278 Å². The van der Waals surface area contributed by atoms with Crippen molar-refractivity contribution < 1.29 is 4.42 Å². The summed E-state index contributed by atoms with van der Waals surface area (Å²) < 4.78 is 6.94. The van der Waals surface area contributed by atoms with Crippen molar-refractivity contribution >= 4 is 39.0 Å². The number of hydrogen-bond acceptors (Lipinski definition) is 2. The van der Waals surface area contributed by atoms with Crippen LogP contribution < -0.4 is 4.90 Å². The molecule has 11 aromatic carbocycles. The van der Waals surface area contributed by atoms with Crippen LogP contribution in [0.3, 0.4) is 0 Å². The van der Waals surface area contributed by atoms with E-state index in [-0.39, 0.29) is 0 Å². The van der Waals surface area contributed by atoms with Crippen molar-refractivity contribution in [2.45, 2.75) is 5.41 Å². The molecular formula is C67H45NO. The lowest BCUT2D eigenvalue weighted by atomic mass is 9.68. The van der Waals surface area contributed by atoms with Crippen molar-refractivity contribution in [1.82, 2.24) is 0 Å². The predicted octanol–water partition coefficient (Wildman–Crippen LogP) is 18.1. The highest BCUT2D eigenvalue weighted by molar-refractivity contribution is 6.14. The molecule has 12 aromatic rings. The maximum Gasteiger partial charge on any atom is 0.143 e. The van der Waals surface area contributed by atoms with E-state index >= 15 is 0 Å². The lowest BCUT2D eigenvalue weighted by molar-refractivity contribution is 0.671. The number of anilines is 3. The first-order valence-electron chi connectivity index (χ1n) is 23.8. The van der Waals surface area contributed by atoms with E-state index in [4.69, 9.17) is 4.42 Å². The molecule has 0 atom stereocenters. The van der Waals surface area contributed by atoms with Crippen molar-refractivity contribution in [1.29, 1.82) is 0 Å². The van der Waals surface area contributed by atoms with Crippen LogP contribution in [0.2, 0.25) is 0 Å². The van der Waals surface area contributed by atoms with Crippen LogP contribution in [0.25, 0.3) is 77.6 Å². The van der Waals surface area contributed by atoms with Gasteiger partial charge in [-0.3, -0.25) is 0 Å². The average molecular weight is 880 g/mol. The fourth-order valence-electron chi connectivity index (χ4n) is 11.1. The Bertz CT molecular complexity index is 3760. The zero-order valence-electron chi connectivity index (χ0n) is 37.8. The number of rotatable bonds is 9. The van der Waals surface area contributed by atoms with Crippen molar-refractivity contribution in [2.75, 3.05) is 4.90 Å². The molecule has 0 aliphatic heterocycles. The number of para-hydroxylation sites is 2. The minimum absolute atomic E-state index is 0.535. The Labute approximate surface area is 402 Å². The molecular weight excluding hydrogens is 835 g/mol. The maximum atomic E-state index is 6.94. The zero-order chi connectivity index (χ0) is 45.7. The third-order valence-corrected chi connectivity index (χ3v) is 14.2. The molecule has 0 N–H and O–H groups in total. The molecule has 2 heteroatoms. The van der Waals surface area contributed by atoms with Crippen molar-refractivity contribution in [3.8, 4) is 55.6 Å². The number of fused-ring (bicyclic) bond motifs is 6. The molecule has 13 rings (SSSR count). The van der Waals surface area contributed by atoms with E-state index < -0.39 is 5.41 Å². The number of hydrogen-bond donors (Lipinski definition) is 0. The molecule has 0 saturated heterocycles. The Morgan fingerprint density at radius 3 is 1.42 bits per heavy atom. The van der Waals surface area contributed by atoms with Crippen LogP contribution in [0.5, 0.6) is 0 Å².